The Morgan fingerprint density at radius 2 is 1.92 bits per heavy atom. The monoisotopic (exact) mass is 253 g/mol. The van der Waals surface area contributed by atoms with Crippen molar-refractivity contribution in [2.45, 2.75) is 12.5 Å². The first-order valence-electron chi connectivity index (χ1n) is 3.51. The van der Waals surface area contributed by atoms with Crippen molar-refractivity contribution in [1.82, 2.24) is 0 Å². The van der Waals surface area contributed by atoms with Gasteiger partial charge in [0.25, 0.3) is 6.43 Å². The second kappa shape index (κ2) is 4.11. The molecule has 1 aromatic carbocycles. The lowest BCUT2D eigenvalue weighted by Gasteiger charge is -2.12. The topological polar surface area (TPSA) is 26.0 Å². The van der Waals surface area contributed by atoms with Gasteiger partial charge in [-0.3, -0.25) is 0 Å². The Balaban J connectivity index is 3.05. The van der Waals surface area contributed by atoms with Crippen LogP contribution in [0.5, 0.6) is 0 Å². The highest BCUT2D eigenvalue weighted by molar-refractivity contribution is 9.10. The lowest BCUT2D eigenvalue weighted by Crippen LogP contribution is -2.19. The highest BCUT2D eigenvalue weighted by Gasteiger charge is 2.20. The second-order valence-corrected chi connectivity index (χ2v) is 3.38. The van der Waals surface area contributed by atoms with Crippen LogP contribution in [0, 0.1) is 5.82 Å². The van der Waals surface area contributed by atoms with E-state index in [-0.39, 0.29) is 5.56 Å². The molecule has 0 fully saturated rings. The van der Waals surface area contributed by atoms with Crippen molar-refractivity contribution >= 4 is 15.9 Å². The highest BCUT2D eigenvalue weighted by Crippen LogP contribution is 2.26. The minimum atomic E-state index is -2.70. The summed E-state index contributed by atoms with van der Waals surface area (Å²) < 4.78 is 37.4. The molecule has 0 spiro atoms. The van der Waals surface area contributed by atoms with Crippen LogP contribution in [0.2, 0.25) is 0 Å². The zero-order valence-corrected chi connectivity index (χ0v) is 8.06. The first-order valence-corrected chi connectivity index (χ1v) is 4.30. The lowest BCUT2D eigenvalue weighted by molar-refractivity contribution is 0.116. The molecule has 0 bridgehead atoms. The Hall–Kier alpha value is -0.550. The van der Waals surface area contributed by atoms with Gasteiger partial charge in [0.05, 0.1) is 6.04 Å². The van der Waals surface area contributed by atoms with Gasteiger partial charge in [-0.15, -0.1) is 0 Å². The van der Waals surface area contributed by atoms with E-state index < -0.39 is 18.3 Å². The van der Waals surface area contributed by atoms with Crippen molar-refractivity contribution in [3.63, 3.8) is 0 Å². The molecule has 0 saturated heterocycles. The average molecular weight is 254 g/mol. The fraction of sp³-hybridized carbons (Fsp3) is 0.250. The van der Waals surface area contributed by atoms with Crippen LogP contribution in [0.25, 0.3) is 0 Å². The third-order valence-electron chi connectivity index (χ3n) is 1.59. The molecule has 0 aliphatic carbocycles. The van der Waals surface area contributed by atoms with E-state index in [9.17, 15) is 13.2 Å². The minimum absolute atomic E-state index is 0.0787. The molecule has 2 N–H and O–H groups in total. The molecule has 1 nitrogen and oxygen atoms in total. The van der Waals surface area contributed by atoms with Crippen molar-refractivity contribution < 1.29 is 13.2 Å². The van der Waals surface area contributed by atoms with E-state index in [1.807, 2.05) is 0 Å². The molecule has 1 aromatic rings. The molecule has 0 radical (unpaired) electrons. The van der Waals surface area contributed by atoms with Crippen molar-refractivity contribution in [2.75, 3.05) is 0 Å². The van der Waals surface area contributed by atoms with Crippen LogP contribution in [-0.2, 0) is 0 Å². The van der Waals surface area contributed by atoms with Crippen LogP contribution < -0.4 is 5.73 Å². The van der Waals surface area contributed by atoms with Gasteiger partial charge in [0.2, 0.25) is 0 Å². The minimum Gasteiger partial charge on any atom is -0.319 e. The zero-order chi connectivity index (χ0) is 10.0. The molecular weight excluding hydrogens is 247 g/mol. The molecule has 0 heterocycles. The molecule has 72 valence electrons. The maximum atomic E-state index is 12.6. The summed E-state index contributed by atoms with van der Waals surface area (Å²) in [6.45, 7) is 0. The van der Waals surface area contributed by atoms with E-state index in [2.05, 4.69) is 15.9 Å². The van der Waals surface area contributed by atoms with Gasteiger partial charge in [-0.05, 0) is 23.8 Å². The standard InChI is InChI=1S/C8H7BrF3N/c9-6-2-1-4(10)3-5(6)7(13)8(11)12/h1-3,7-8H,13H2/t7-/m1/s1. The Morgan fingerprint density at radius 3 is 2.46 bits per heavy atom. The quantitative estimate of drug-likeness (QED) is 0.862. The molecular formula is C8H7BrF3N. The van der Waals surface area contributed by atoms with E-state index in [4.69, 9.17) is 5.73 Å². The van der Waals surface area contributed by atoms with Crippen molar-refractivity contribution in [1.29, 1.82) is 0 Å². The second-order valence-electron chi connectivity index (χ2n) is 2.53. The summed E-state index contributed by atoms with van der Waals surface area (Å²) in [6, 6.07) is 2.07. The Bertz CT molecular complexity index is 303. The van der Waals surface area contributed by atoms with Gasteiger partial charge < -0.3 is 5.73 Å². The van der Waals surface area contributed by atoms with Crippen molar-refractivity contribution in [3.05, 3.63) is 34.1 Å². The van der Waals surface area contributed by atoms with E-state index in [0.29, 0.717) is 4.47 Å². The van der Waals surface area contributed by atoms with E-state index in [1.54, 1.807) is 0 Å². The summed E-state index contributed by atoms with van der Waals surface area (Å²) in [5.41, 5.74) is 5.24. The molecule has 0 saturated carbocycles. The van der Waals surface area contributed by atoms with Crippen LogP contribution in [0.4, 0.5) is 13.2 Å². The maximum Gasteiger partial charge on any atom is 0.257 e. The molecule has 0 unspecified atom stereocenters. The maximum absolute atomic E-state index is 12.6. The predicted molar refractivity (Wildman–Crippen MR) is 47.0 cm³/mol. The first-order chi connectivity index (χ1) is 6.02. The number of alkyl halides is 2. The number of halogens is 4. The molecule has 1 rings (SSSR count). The Labute approximate surface area is 81.9 Å². The van der Waals surface area contributed by atoms with Crippen molar-refractivity contribution in [2.24, 2.45) is 5.73 Å². The Kier molecular flexibility index (Phi) is 3.33. The van der Waals surface area contributed by atoms with Gasteiger partial charge in [0.15, 0.2) is 0 Å². The number of benzene rings is 1. The van der Waals surface area contributed by atoms with Gasteiger partial charge in [-0.1, -0.05) is 15.9 Å². The summed E-state index contributed by atoms with van der Waals surface area (Å²) in [6.07, 6.45) is -2.70. The highest BCUT2D eigenvalue weighted by atomic mass is 79.9. The Morgan fingerprint density at radius 1 is 1.31 bits per heavy atom. The fourth-order valence-corrected chi connectivity index (χ4v) is 1.42. The number of hydrogen-bond acceptors (Lipinski definition) is 1. The van der Waals surface area contributed by atoms with Gasteiger partial charge in [0.1, 0.15) is 5.82 Å². The van der Waals surface area contributed by atoms with Crippen LogP contribution in [-0.4, -0.2) is 6.43 Å². The molecule has 13 heavy (non-hydrogen) atoms. The third kappa shape index (κ3) is 2.45. The predicted octanol–water partition coefficient (Wildman–Crippen LogP) is 2.85. The molecule has 0 aliphatic rings. The average Bonchev–Trinajstić information content (AvgIpc) is 2.08. The molecule has 1 atom stereocenters. The fourth-order valence-electron chi connectivity index (χ4n) is 0.906. The summed E-state index contributed by atoms with van der Waals surface area (Å²) in [5.74, 6) is -0.575. The normalized spacial score (nSPS) is 13.4. The summed E-state index contributed by atoms with van der Waals surface area (Å²) in [5, 5.41) is 0. The van der Waals surface area contributed by atoms with Crippen LogP contribution >= 0.6 is 15.9 Å². The van der Waals surface area contributed by atoms with Crippen LogP contribution in [0.1, 0.15) is 11.6 Å². The van der Waals surface area contributed by atoms with E-state index in [1.165, 1.54) is 12.1 Å². The number of rotatable bonds is 2. The molecule has 0 aromatic heterocycles. The SMILES string of the molecule is N[C@H](c1cc(F)ccc1Br)C(F)F. The summed E-state index contributed by atoms with van der Waals surface area (Å²) in [4.78, 5) is 0. The number of hydrogen-bond donors (Lipinski definition) is 1. The van der Waals surface area contributed by atoms with Crippen LogP contribution in [0.15, 0.2) is 22.7 Å². The molecule has 5 heteroatoms. The zero-order valence-electron chi connectivity index (χ0n) is 6.48. The van der Waals surface area contributed by atoms with E-state index >= 15 is 0 Å². The summed E-state index contributed by atoms with van der Waals surface area (Å²) >= 11 is 3.02. The molecule has 0 aliphatic heterocycles. The first kappa shape index (κ1) is 10.5. The third-order valence-corrected chi connectivity index (χ3v) is 2.31. The van der Waals surface area contributed by atoms with Gasteiger partial charge in [-0.25, -0.2) is 13.2 Å². The van der Waals surface area contributed by atoms with Gasteiger partial charge in [0, 0.05) is 4.47 Å². The molecule has 0 amide bonds. The number of nitrogens with two attached hydrogens (primary N) is 1. The van der Waals surface area contributed by atoms with E-state index in [0.717, 1.165) is 6.07 Å². The van der Waals surface area contributed by atoms with Gasteiger partial charge in [-0.2, -0.15) is 0 Å². The van der Waals surface area contributed by atoms with Crippen molar-refractivity contribution in [3.8, 4) is 0 Å². The lowest BCUT2D eigenvalue weighted by atomic mass is 10.1. The van der Waals surface area contributed by atoms with Crippen LogP contribution in [0.3, 0.4) is 0 Å². The smallest absolute Gasteiger partial charge is 0.257 e. The van der Waals surface area contributed by atoms with Gasteiger partial charge >= 0.3 is 0 Å². The summed E-state index contributed by atoms with van der Waals surface area (Å²) in [7, 11) is 0. The largest absolute Gasteiger partial charge is 0.319 e.